The molecule has 5 heavy (non-hydrogen) atoms. The molecule has 5 heteroatoms. The largest absolute Gasteiger partial charge is 0.412 e. The quantitative estimate of drug-likeness (QED) is 0.301. The highest BCUT2D eigenvalue weighted by molar-refractivity contribution is 7.16. The van der Waals surface area contributed by atoms with Gasteiger partial charge in [0.05, 0.1) is 0 Å². The van der Waals surface area contributed by atoms with Crippen LogP contribution >= 0.6 is 8.69 Å². The summed E-state index contributed by atoms with van der Waals surface area (Å²) in [7, 11) is -0.833. The van der Waals surface area contributed by atoms with Gasteiger partial charge in [-0.15, -0.1) is 0 Å². The molecule has 0 fully saturated rings. The molecule has 0 bridgehead atoms. The minimum atomic E-state index is -0.833. The first-order chi connectivity index (χ1) is 1.41. The van der Waals surface area contributed by atoms with E-state index in [1.807, 2.05) is 0 Å². The molecular formula is H5MgO3P. The molecule has 0 heterocycles. The van der Waals surface area contributed by atoms with Gasteiger partial charge in [0.1, 0.15) is 0 Å². The topological polar surface area (TPSA) is 68.8 Å². The molecule has 0 saturated carbocycles. The van der Waals surface area contributed by atoms with E-state index in [1.165, 1.54) is 0 Å². The van der Waals surface area contributed by atoms with Crippen molar-refractivity contribution in [3.63, 3.8) is 0 Å². The first-order valence-electron chi connectivity index (χ1n) is 0.383. The molecule has 3 N–H and O–H groups in total. The third-order valence-electron chi connectivity index (χ3n) is 0. The van der Waals surface area contributed by atoms with E-state index in [4.69, 9.17) is 9.46 Å². The maximum atomic E-state index is 8.46. The molecule has 0 amide bonds. The molecule has 0 aliphatic carbocycles. The summed E-state index contributed by atoms with van der Waals surface area (Å²) in [4.78, 5) is 6.99. The van der Waals surface area contributed by atoms with Crippen LogP contribution < -0.4 is 0 Å². The van der Waals surface area contributed by atoms with Crippen LogP contribution in [0, 0.1) is 0 Å². The Hall–Kier alpha value is 0.786. The average Bonchev–Trinajstić information content (AvgIpc) is 0.918. The molecule has 0 rings (SSSR count). The van der Waals surface area contributed by atoms with Crippen LogP contribution in [0.1, 0.15) is 0 Å². The second-order valence-corrected chi connectivity index (χ2v) is 0.245. The predicted octanol–water partition coefficient (Wildman–Crippen LogP) is -1.56. The lowest BCUT2D eigenvalue weighted by atomic mass is 15.9. The van der Waals surface area contributed by atoms with Gasteiger partial charge in [-0.3, -0.25) is 0 Å². The molecule has 0 aliphatic heterocycles. The zero-order valence-corrected chi connectivity index (χ0v) is 2.70. The van der Waals surface area contributed by atoms with Crippen LogP contribution in [-0.4, -0.2) is 33.4 Å². The summed E-state index contributed by atoms with van der Waals surface area (Å²) in [6, 6.07) is 0. The third kappa shape index (κ3) is 60.1. The molecule has 0 aromatic rings. The Balaban J connectivity index is -0.0000000200. The molecule has 30 valence electrons. The first kappa shape index (κ1) is 17.1. The van der Waals surface area contributed by atoms with Crippen molar-refractivity contribution in [2.75, 3.05) is 0 Å². The maximum absolute atomic E-state index is 8.46. The van der Waals surface area contributed by atoms with Gasteiger partial charge in [-0.1, -0.05) is 0 Å². The summed E-state index contributed by atoms with van der Waals surface area (Å²) in [5.74, 6) is 0. The Morgan fingerprint density at radius 2 is 1.60 bits per heavy atom. The Kier molecular flexibility index (Phi) is 73.4. The van der Waals surface area contributed by atoms with Gasteiger partial charge in [-0.2, -0.15) is 0 Å². The fourth-order valence-electron chi connectivity index (χ4n) is 0. The van der Waals surface area contributed by atoms with Crippen molar-refractivity contribution < 1.29 is 14.9 Å². The molecule has 0 saturated heterocycles. The van der Waals surface area contributed by atoms with E-state index in [2.05, 4.69) is 0 Å². The van der Waals surface area contributed by atoms with Crippen LogP contribution in [0.25, 0.3) is 0 Å². The van der Waals surface area contributed by atoms with Crippen molar-refractivity contribution in [1.29, 1.82) is 0 Å². The summed E-state index contributed by atoms with van der Waals surface area (Å²) in [5, 5.41) is 0. The smallest absolute Gasteiger partial charge is 0.324 e. The molecule has 3 nitrogen and oxygen atoms in total. The summed E-state index contributed by atoms with van der Waals surface area (Å²) < 4.78 is 8.46. The SMILES string of the molecule is O.O=PO.[MgH2]. The summed E-state index contributed by atoms with van der Waals surface area (Å²) >= 11 is 0. The normalized spacial score (nSPS) is 4.20. The molecule has 0 spiro atoms. The summed E-state index contributed by atoms with van der Waals surface area (Å²) in [6.07, 6.45) is 0. The first-order valence-corrected chi connectivity index (χ1v) is 1.15. The highest BCUT2D eigenvalue weighted by atomic mass is 31.1. The van der Waals surface area contributed by atoms with E-state index >= 15 is 0 Å². The van der Waals surface area contributed by atoms with Crippen molar-refractivity contribution in [1.82, 2.24) is 0 Å². The van der Waals surface area contributed by atoms with Crippen molar-refractivity contribution in [2.45, 2.75) is 0 Å². The minimum Gasteiger partial charge on any atom is -0.412 e. The van der Waals surface area contributed by atoms with Gasteiger partial charge < -0.3 is 10.4 Å². The lowest BCUT2D eigenvalue weighted by Crippen LogP contribution is -1.03. The second-order valence-electron chi connectivity index (χ2n) is 0.0816. The van der Waals surface area contributed by atoms with Crippen molar-refractivity contribution >= 4 is 31.7 Å². The lowest BCUT2D eigenvalue weighted by molar-refractivity contribution is 0.524. The Bertz CT molecular complexity index is 14.4. The number of hydrogen-bond acceptors (Lipinski definition) is 1. The van der Waals surface area contributed by atoms with Crippen LogP contribution in [-0.2, 0) is 4.57 Å². The van der Waals surface area contributed by atoms with Gasteiger partial charge in [0.15, 0.2) is 0 Å². The number of hydrogen-bond donors (Lipinski definition) is 1. The van der Waals surface area contributed by atoms with Crippen molar-refractivity contribution in [3.05, 3.63) is 0 Å². The van der Waals surface area contributed by atoms with Crippen LogP contribution in [0.4, 0.5) is 0 Å². The minimum absolute atomic E-state index is 0. The standard InChI is InChI=1S/Mg.HO2P.H2O.2H/c;1-3-2;;;/h;(H,1,2);1H2;;. The van der Waals surface area contributed by atoms with Crippen LogP contribution in [0.15, 0.2) is 0 Å². The second kappa shape index (κ2) is 21.5. The fraction of sp³-hybridized carbons (Fsp3) is 0. The Morgan fingerprint density at radius 1 is 1.60 bits per heavy atom. The summed E-state index contributed by atoms with van der Waals surface area (Å²) in [5.41, 5.74) is 0. The molecule has 0 unspecified atom stereocenters. The van der Waals surface area contributed by atoms with E-state index in [9.17, 15) is 0 Å². The van der Waals surface area contributed by atoms with E-state index in [0.717, 1.165) is 0 Å². The average molecular weight is 108 g/mol. The monoisotopic (exact) mass is 108 g/mol. The van der Waals surface area contributed by atoms with Gasteiger partial charge in [-0.25, -0.2) is 4.57 Å². The van der Waals surface area contributed by atoms with Crippen molar-refractivity contribution in [3.8, 4) is 0 Å². The van der Waals surface area contributed by atoms with Gasteiger partial charge in [0.2, 0.25) is 0 Å². The third-order valence-corrected chi connectivity index (χ3v) is 0. The maximum Gasteiger partial charge on any atom is 0.324 e. The molecule has 0 radical (unpaired) electrons. The lowest BCUT2D eigenvalue weighted by Gasteiger charge is -1.24. The van der Waals surface area contributed by atoms with E-state index < -0.39 is 8.69 Å². The molecular weight excluding hydrogens is 103 g/mol. The molecule has 0 aromatic heterocycles. The van der Waals surface area contributed by atoms with E-state index in [1.54, 1.807) is 0 Å². The number of rotatable bonds is 0. The highest BCUT2D eigenvalue weighted by Gasteiger charge is 1.28. The molecule has 0 aromatic carbocycles. The van der Waals surface area contributed by atoms with Gasteiger partial charge in [-0.05, 0) is 0 Å². The van der Waals surface area contributed by atoms with Crippen LogP contribution in [0.5, 0.6) is 0 Å². The zero-order chi connectivity index (χ0) is 2.71. The van der Waals surface area contributed by atoms with Gasteiger partial charge in [0, 0.05) is 0 Å². The zero-order valence-electron chi connectivity index (χ0n) is 1.80. The van der Waals surface area contributed by atoms with Crippen molar-refractivity contribution in [2.24, 2.45) is 0 Å². The van der Waals surface area contributed by atoms with Crippen LogP contribution in [0.2, 0.25) is 0 Å². The predicted molar refractivity (Wildman–Crippen MR) is 22.0 cm³/mol. The van der Waals surface area contributed by atoms with Gasteiger partial charge in [0.25, 0.3) is 0 Å². The van der Waals surface area contributed by atoms with Gasteiger partial charge >= 0.3 is 31.7 Å². The summed E-state index contributed by atoms with van der Waals surface area (Å²) in [6.45, 7) is 0. The Morgan fingerprint density at radius 3 is 1.60 bits per heavy atom. The molecule has 0 atom stereocenters. The van der Waals surface area contributed by atoms with E-state index in [0.29, 0.717) is 0 Å². The fourth-order valence-corrected chi connectivity index (χ4v) is 0. The van der Waals surface area contributed by atoms with Crippen LogP contribution in [0.3, 0.4) is 0 Å². The highest BCUT2D eigenvalue weighted by Crippen LogP contribution is 1.66. The van der Waals surface area contributed by atoms with E-state index in [-0.39, 0.29) is 28.5 Å². The Labute approximate surface area is 47.1 Å². The molecule has 0 aliphatic rings.